The zero-order valence-corrected chi connectivity index (χ0v) is 15.5. The summed E-state index contributed by atoms with van der Waals surface area (Å²) in [7, 11) is -3.81. The summed E-state index contributed by atoms with van der Waals surface area (Å²) in [6.45, 7) is 0. The van der Waals surface area contributed by atoms with Gasteiger partial charge in [0.1, 0.15) is 11.3 Å². The lowest BCUT2D eigenvalue weighted by Gasteiger charge is -2.35. The summed E-state index contributed by atoms with van der Waals surface area (Å²) in [6, 6.07) is 9.76. The number of rotatable bonds is 2. The van der Waals surface area contributed by atoms with Gasteiger partial charge in [0.2, 0.25) is 0 Å². The second-order valence-electron chi connectivity index (χ2n) is 7.09. The molecule has 1 aromatic carbocycles. The van der Waals surface area contributed by atoms with Crippen LogP contribution in [0.5, 0.6) is 0 Å². The van der Waals surface area contributed by atoms with Crippen molar-refractivity contribution in [3.8, 4) is 0 Å². The number of ketones is 1. The van der Waals surface area contributed by atoms with Gasteiger partial charge in [0.15, 0.2) is 5.65 Å². The van der Waals surface area contributed by atoms with E-state index < -0.39 is 15.6 Å². The van der Waals surface area contributed by atoms with Crippen molar-refractivity contribution in [2.75, 3.05) is 10.6 Å². The topological polar surface area (TPSA) is 110 Å². The molecule has 1 spiro atoms. The van der Waals surface area contributed by atoms with E-state index in [0.29, 0.717) is 29.6 Å². The first-order valence-corrected chi connectivity index (χ1v) is 10.3. The fourth-order valence-electron chi connectivity index (χ4n) is 3.90. The predicted octanol–water partition coefficient (Wildman–Crippen LogP) is 2.13. The first-order valence-electron chi connectivity index (χ1n) is 8.83. The average Bonchev–Trinajstić information content (AvgIpc) is 3.29. The summed E-state index contributed by atoms with van der Waals surface area (Å²) in [5.41, 5.74) is 0.322. The Kier molecular flexibility index (Phi) is 3.42. The number of carbonyl (C=O) groups is 2. The lowest BCUT2D eigenvalue weighted by molar-refractivity contribution is -0.123. The number of fused-ring (bicyclic) bond motifs is 3. The Labute approximate surface area is 160 Å². The molecule has 1 unspecified atom stereocenters. The summed E-state index contributed by atoms with van der Waals surface area (Å²) in [6.07, 6.45) is 3.75. The SMILES string of the molecule is O=C1CCC2(C1)Nc1c(cnc3c1ccn3S(=O)(=O)c1ccccc1)NC2=O. The third kappa shape index (κ3) is 2.29. The third-order valence-corrected chi connectivity index (χ3v) is 7.04. The van der Waals surface area contributed by atoms with Gasteiger partial charge in [-0.1, -0.05) is 18.2 Å². The van der Waals surface area contributed by atoms with Crippen molar-refractivity contribution in [1.82, 2.24) is 8.96 Å². The van der Waals surface area contributed by atoms with E-state index in [1.165, 1.54) is 24.5 Å². The summed E-state index contributed by atoms with van der Waals surface area (Å²) in [5, 5.41) is 6.59. The molecule has 2 aliphatic rings. The van der Waals surface area contributed by atoms with E-state index in [1.807, 2.05) is 0 Å². The first-order chi connectivity index (χ1) is 13.4. The van der Waals surface area contributed by atoms with Gasteiger partial charge in [-0.05, 0) is 24.6 Å². The minimum Gasteiger partial charge on any atom is -0.368 e. The second-order valence-corrected chi connectivity index (χ2v) is 8.91. The van der Waals surface area contributed by atoms with Crippen LogP contribution in [0.4, 0.5) is 11.4 Å². The van der Waals surface area contributed by atoms with Crippen molar-refractivity contribution in [2.45, 2.75) is 29.7 Å². The zero-order chi connectivity index (χ0) is 19.5. The molecule has 3 aromatic rings. The number of anilines is 2. The molecule has 0 saturated heterocycles. The van der Waals surface area contributed by atoms with Gasteiger partial charge >= 0.3 is 0 Å². The molecule has 1 atom stereocenters. The van der Waals surface area contributed by atoms with Gasteiger partial charge in [0, 0.05) is 24.4 Å². The minimum atomic E-state index is -3.81. The van der Waals surface area contributed by atoms with E-state index in [1.54, 1.807) is 24.3 Å². The molecule has 1 aliphatic heterocycles. The Morgan fingerprint density at radius 2 is 1.89 bits per heavy atom. The Morgan fingerprint density at radius 3 is 2.61 bits per heavy atom. The molecule has 1 amide bonds. The number of aromatic nitrogens is 2. The molecule has 28 heavy (non-hydrogen) atoms. The van der Waals surface area contributed by atoms with Crippen molar-refractivity contribution in [3.63, 3.8) is 0 Å². The maximum absolute atomic E-state index is 13.0. The van der Waals surface area contributed by atoms with Crippen LogP contribution >= 0.6 is 0 Å². The van der Waals surface area contributed by atoms with E-state index >= 15 is 0 Å². The highest BCUT2D eigenvalue weighted by Gasteiger charge is 2.48. The molecule has 0 bridgehead atoms. The zero-order valence-electron chi connectivity index (χ0n) is 14.7. The molecule has 1 fully saturated rings. The van der Waals surface area contributed by atoms with Gasteiger partial charge in [0.05, 0.1) is 22.5 Å². The van der Waals surface area contributed by atoms with Crippen LogP contribution in [0.2, 0.25) is 0 Å². The summed E-state index contributed by atoms with van der Waals surface area (Å²) >= 11 is 0. The van der Waals surface area contributed by atoms with Crippen LogP contribution in [0.1, 0.15) is 19.3 Å². The predicted molar refractivity (Wildman–Crippen MR) is 103 cm³/mol. The van der Waals surface area contributed by atoms with Crippen LogP contribution in [-0.4, -0.2) is 34.6 Å². The lowest BCUT2D eigenvalue weighted by atomic mass is 9.93. The van der Waals surface area contributed by atoms with Gasteiger partial charge in [-0.15, -0.1) is 0 Å². The molecular formula is C19H16N4O4S. The van der Waals surface area contributed by atoms with E-state index in [2.05, 4.69) is 15.6 Å². The Bertz CT molecular complexity index is 1250. The van der Waals surface area contributed by atoms with Crippen LogP contribution in [0.3, 0.4) is 0 Å². The fraction of sp³-hybridized carbons (Fsp3) is 0.211. The molecule has 5 rings (SSSR count). The van der Waals surface area contributed by atoms with E-state index in [0.717, 1.165) is 3.97 Å². The van der Waals surface area contributed by atoms with Gasteiger partial charge in [-0.25, -0.2) is 17.4 Å². The maximum Gasteiger partial charge on any atom is 0.269 e. The van der Waals surface area contributed by atoms with Crippen molar-refractivity contribution in [2.24, 2.45) is 0 Å². The third-order valence-electron chi connectivity index (χ3n) is 5.36. The summed E-state index contributed by atoms with van der Waals surface area (Å²) < 4.78 is 27.1. The Morgan fingerprint density at radius 1 is 1.11 bits per heavy atom. The van der Waals surface area contributed by atoms with Crippen LogP contribution in [0.25, 0.3) is 11.0 Å². The Balaban J connectivity index is 1.66. The average molecular weight is 396 g/mol. The molecule has 2 aromatic heterocycles. The lowest BCUT2D eigenvalue weighted by Crippen LogP contribution is -2.50. The number of pyridine rings is 1. The highest BCUT2D eigenvalue weighted by molar-refractivity contribution is 7.90. The van der Waals surface area contributed by atoms with Crippen LogP contribution in [0, 0.1) is 0 Å². The van der Waals surface area contributed by atoms with Crippen molar-refractivity contribution >= 4 is 44.1 Å². The fourth-order valence-corrected chi connectivity index (χ4v) is 5.22. The van der Waals surface area contributed by atoms with Crippen molar-refractivity contribution < 1.29 is 18.0 Å². The number of benzene rings is 1. The number of Topliss-reactive ketones (excluding diaryl/α,β-unsaturated/α-hetero) is 1. The molecule has 142 valence electrons. The second kappa shape index (κ2) is 5.65. The molecule has 3 heterocycles. The number of hydrogen-bond donors (Lipinski definition) is 2. The van der Waals surface area contributed by atoms with E-state index in [-0.39, 0.29) is 28.7 Å². The Hall–Kier alpha value is -3.20. The standard InChI is InChI=1S/C19H16N4O4S/c24-12-6-8-19(10-12)18(25)21-15-11-20-17-14(16(15)22-19)7-9-23(17)28(26,27)13-4-2-1-3-5-13/h1-5,7,9,11,22H,6,8,10H2,(H,21,25). The largest absolute Gasteiger partial charge is 0.368 e. The van der Waals surface area contributed by atoms with Crippen LogP contribution in [-0.2, 0) is 19.6 Å². The maximum atomic E-state index is 13.0. The minimum absolute atomic E-state index is 0.0284. The van der Waals surface area contributed by atoms with Crippen LogP contribution in [0.15, 0.2) is 53.7 Å². The molecule has 1 saturated carbocycles. The monoisotopic (exact) mass is 396 g/mol. The van der Waals surface area contributed by atoms with Gasteiger partial charge in [-0.2, -0.15) is 0 Å². The van der Waals surface area contributed by atoms with E-state index in [4.69, 9.17) is 0 Å². The molecule has 0 radical (unpaired) electrons. The molecule has 8 nitrogen and oxygen atoms in total. The van der Waals surface area contributed by atoms with Gasteiger partial charge in [0.25, 0.3) is 15.9 Å². The summed E-state index contributed by atoms with van der Waals surface area (Å²) in [5.74, 6) is -0.232. The van der Waals surface area contributed by atoms with E-state index in [9.17, 15) is 18.0 Å². The molecule has 9 heteroatoms. The number of hydrogen-bond acceptors (Lipinski definition) is 6. The van der Waals surface area contributed by atoms with Crippen LogP contribution < -0.4 is 10.6 Å². The summed E-state index contributed by atoms with van der Waals surface area (Å²) in [4.78, 5) is 28.8. The number of nitrogens with zero attached hydrogens (tertiary/aromatic N) is 2. The molecule has 2 N–H and O–H groups in total. The highest BCUT2D eigenvalue weighted by Crippen LogP contribution is 2.42. The quantitative estimate of drug-likeness (QED) is 0.687. The number of amides is 1. The van der Waals surface area contributed by atoms with Crippen molar-refractivity contribution in [3.05, 3.63) is 48.8 Å². The molecular weight excluding hydrogens is 380 g/mol. The smallest absolute Gasteiger partial charge is 0.269 e. The molecule has 1 aliphatic carbocycles. The van der Waals surface area contributed by atoms with Gasteiger partial charge in [-0.3, -0.25) is 9.59 Å². The van der Waals surface area contributed by atoms with Crippen molar-refractivity contribution in [1.29, 1.82) is 0 Å². The highest BCUT2D eigenvalue weighted by atomic mass is 32.2. The number of carbonyl (C=O) groups excluding carboxylic acids is 2. The first kappa shape index (κ1) is 16.9. The normalized spacial score (nSPS) is 21.6. The van der Waals surface area contributed by atoms with Gasteiger partial charge < -0.3 is 10.6 Å². The number of nitrogens with one attached hydrogen (secondary N) is 2.